The van der Waals surface area contributed by atoms with Gasteiger partial charge in [-0.15, -0.1) is 0 Å². The topological polar surface area (TPSA) is 68.2 Å². The first-order valence-corrected chi connectivity index (χ1v) is 6.26. The Morgan fingerprint density at radius 3 is 2.16 bits per heavy atom. The average molecular weight is 268 g/mol. The van der Waals surface area contributed by atoms with E-state index < -0.39 is 7.32 Å². The van der Waals surface area contributed by atoms with Gasteiger partial charge < -0.3 is 24.2 Å². The second kappa shape index (κ2) is 7.38. The SMILES string of the molecule is CCOCC(C)(C)COc1ccc(OB(O)O)cc1. The maximum atomic E-state index is 8.66. The molecule has 106 valence electrons. The minimum absolute atomic E-state index is 0.0630. The molecule has 0 radical (unpaired) electrons. The molecule has 6 heteroatoms. The van der Waals surface area contributed by atoms with Crippen LogP contribution in [0.5, 0.6) is 11.5 Å². The third-order valence-corrected chi connectivity index (χ3v) is 2.39. The summed E-state index contributed by atoms with van der Waals surface area (Å²) < 4.78 is 15.8. The first-order valence-electron chi connectivity index (χ1n) is 6.26. The molecule has 0 spiro atoms. The molecule has 5 nitrogen and oxygen atoms in total. The fraction of sp³-hybridized carbons (Fsp3) is 0.538. The lowest BCUT2D eigenvalue weighted by atomic mass is 9.96. The van der Waals surface area contributed by atoms with Gasteiger partial charge in [-0.2, -0.15) is 0 Å². The van der Waals surface area contributed by atoms with Gasteiger partial charge in [-0.1, -0.05) is 13.8 Å². The molecule has 0 heterocycles. The smallest absolute Gasteiger partial charge is 0.512 e. The predicted octanol–water partition coefficient (Wildman–Crippen LogP) is 1.48. The number of benzene rings is 1. The Morgan fingerprint density at radius 2 is 1.63 bits per heavy atom. The highest BCUT2D eigenvalue weighted by Gasteiger charge is 2.19. The molecule has 1 rings (SSSR count). The van der Waals surface area contributed by atoms with Crippen LogP contribution >= 0.6 is 0 Å². The van der Waals surface area contributed by atoms with Crippen LogP contribution in [-0.4, -0.2) is 37.2 Å². The van der Waals surface area contributed by atoms with Crippen molar-refractivity contribution in [2.75, 3.05) is 19.8 Å². The Morgan fingerprint density at radius 1 is 1.05 bits per heavy atom. The van der Waals surface area contributed by atoms with Crippen LogP contribution in [0.4, 0.5) is 0 Å². The number of ether oxygens (including phenoxy) is 2. The van der Waals surface area contributed by atoms with E-state index >= 15 is 0 Å². The molecule has 0 fully saturated rings. The Labute approximate surface area is 114 Å². The predicted molar refractivity (Wildman–Crippen MR) is 73.0 cm³/mol. The number of hydrogen-bond donors (Lipinski definition) is 2. The molecule has 0 aliphatic rings. The highest BCUT2D eigenvalue weighted by atomic mass is 16.6. The van der Waals surface area contributed by atoms with Gasteiger partial charge in [-0.3, -0.25) is 0 Å². The van der Waals surface area contributed by atoms with E-state index in [2.05, 4.69) is 13.8 Å². The monoisotopic (exact) mass is 268 g/mol. The van der Waals surface area contributed by atoms with Crippen molar-refractivity contribution in [3.8, 4) is 11.5 Å². The molecule has 1 aromatic carbocycles. The van der Waals surface area contributed by atoms with E-state index in [1.54, 1.807) is 24.3 Å². The van der Waals surface area contributed by atoms with Crippen LogP contribution < -0.4 is 9.39 Å². The number of rotatable bonds is 8. The van der Waals surface area contributed by atoms with Crippen LogP contribution in [0.3, 0.4) is 0 Å². The molecule has 0 aliphatic carbocycles. The molecule has 0 saturated carbocycles. The summed E-state index contributed by atoms with van der Waals surface area (Å²) in [5, 5.41) is 17.3. The molecule has 1 aromatic rings. The minimum atomic E-state index is -1.81. The van der Waals surface area contributed by atoms with Crippen LogP contribution in [0.1, 0.15) is 20.8 Å². The van der Waals surface area contributed by atoms with E-state index in [-0.39, 0.29) is 5.41 Å². The van der Waals surface area contributed by atoms with E-state index in [0.29, 0.717) is 31.3 Å². The van der Waals surface area contributed by atoms with Gasteiger partial charge in [0.2, 0.25) is 0 Å². The van der Waals surface area contributed by atoms with Crippen LogP contribution in [-0.2, 0) is 4.74 Å². The molecule has 0 aromatic heterocycles. The van der Waals surface area contributed by atoms with E-state index in [1.807, 2.05) is 6.92 Å². The Hall–Kier alpha value is -1.24. The molecular formula is C13H21BO5. The molecular weight excluding hydrogens is 247 g/mol. The molecule has 19 heavy (non-hydrogen) atoms. The summed E-state index contributed by atoms with van der Waals surface area (Å²) >= 11 is 0. The maximum absolute atomic E-state index is 8.66. The zero-order valence-corrected chi connectivity index (χ0v) is 11.6. The van der Waals surface area contributed by atoms with Gasteiger partial charge in [-0.05, 0) is 31.2 Å². The molecule has 0 atom stereocenters. The van der Waals surface area contributed by atoms with Crippen LogP contribution in [0.25, 0.3) is 0 Å². The summed E-state index contributed by atoms with van der Waals surface area (Å²) in [6.45, 7) is 7.98. The van der Waals surface area contributed by atoms with Gasteiger partial charge in [0, 0.05) is 12.0 Å². The van der Waals surface area contributed by atoms with Crippen molar-refractivity contribution in [2.45, 2.75) is 20.8 Å². The van der Waals surface area contributed by atoms with Crippen molar-refractivity contribution in [3.63, 3.8) is 0 Å². The van der Waals surface area contributed by atoms with Gasteiger partial charge in [0.1, 0.15) is 11.5 Å². The van der Waals surface area contributed by atoms with E-state index in [0.717, 1.165) is 0 Å². The molecule has 0 aliphatic heterocycles. The van der Waals surface area contributed by atoms with E-state index in [9.17, 15) is 0 Å². The summed E-state index contributed by atoms with van der Waals surface area (Å²) in [5.41, 5.74) is -0.0630. The summed E-state index contributed by atoms with van der Waals surface area (Å²) in [7, 11) is -1.81. The zero-order valence-electron chi connectivity index (χ0n) is 11.6. The summed E-state index contributed by atoms with van der Waals surface area (Å²) in [6.07, 6.45) is 0. The molecule has 2 N–H and O–H groups in total. The quantitative estimate of drug-likeness (QED) is 0.699. The summed E-state index contributed by atoms with van der Waals surface area (Å²) in [6, 6.07) is 6.66. The van der Waals surface area contributed by atoms with E-state index in [1.165, 1.54) is 0 Å². The van der Waals surface area contributed by atoms with Gasteiger partial charge in [0.05, 0.1) is 13.2 Å². The lowest BCUT2D eigenvalue weighted by Crippen LogP contribution is -2.27. The van der Waals surface area contributed by atoms with Crippen molar-refractivity contribution in [1.82, 2.24) is 0 Å². The average Bonchev–Trinajstić information content (AvgIpc) is 2.35. The van der Waals surface area contributed by atoms with Crippen LogP contribution in [0, 0.1) is 5.41 Å². The maximum Gasteiger partial charge on any atom is 0.707 e. The highest BCUT2D eigenvalue weighted by molar-refractivity contribution is 6.33. The van der Waals surface area contributed by atoms with Crippen molar-refractivity contribution in [1.29, 1.82) is 0 Å². The van der Waals surface area contributed by atoms with E-state index in [4.69, 9.17) is 24.2 Å². The van der Waals surface area contributed by atoms with Crippen LogP contribution in [0.15, 0.2) is 24.3 Å². The van der Waals surface area contributed by atoms with Crippen molar-refractivity contribution in [3.05, 3.63) is 24.3 Å². The van der Waals surface area contributed by atoms with Gasteiger partial charge in [0.15, 0.2) is 0 Å². The first-order chi connectivity index (χ1) is 8.93. The molecule has 0 bridgehead atoms. The highest BCUT2D eigenvalue weighted by Crippen LogP contribution is 2.21. The molecule has 0 amide bonds. The second-order valence-electron chi connectivity index (χ2n) is 5.01. The normalized spacial score (nSPS) is 11.2. The fourth-order valence-electron chi connectivity index (χ4n) is 1.43. The first kappa shape index (κ1) is 15.8. The largest absolute Gasteiger partial charge is 0.707 e. The second-order valence-corrected chi connectivity index (χ2v) is 5.01. The van der Waals surface area contributed by atoms with Gasteiger partial charge >= 0.3 is 7.32 Å². The summed E-state index contributed by atoms with van der Waals surface area (Å²) in [5.74, 6) is 1.07. The summed E-state index contributed by atoms with van der Waals surface area (Å²) in [4.78, 5) is 0. The zero-order chi connectivity index (χ0) is 14.3. The van der Waals surface area contributed by atoms with Crippen LogP contribution in [0.2, 0.25) is 0 Å². The third kappa shape index (κ3) is 6.47. The molecule has 0 saturated heterocycles. The van der Waals surface area contributed by atoms with Gasteiger partial charge in [0.25, 0.3) is 0 Å². The standard InChI is InChI=1S/C13H21BO5/c1-4-17-9-13(2,3)10-18-11-5-7-12(8-6-11)19-14(15)16/h5-8,15-16H,4,9-10H2,1-3H3. The Bertz CT molecular complexity index is 364. The fourth-order valence-corrected chi connectivity index (χ4v) is 1.43. The van der Waals surface area contributed by atoms with Crippen molar-refractivity contribution in [2.24, 2.45) is 5.41 Å². The lowest BCUT2D eigenvalue weighted by Gasteiger charge is -2.24. The van der Waals surface area contributed by atoms with Gasteiger partial charge in [-0.25, -0.2) is 0 Å². The number of hydrogen-bond acceptors (Lipinski definition) is 5. The third-order valence-electron chi connectivity index (χ3n) is 2.39. The lowest BCUT2D eigenvalue weighted by molar-refractivity contribution is 0.0409. The van der Waals surface area contributed by atoms with Crippen molar-refractivity contribution < 1.29 is 24.2 Å². The molecule has 0 unspecified atom stereocenters. The Kier molecular flexibility index (Phi) is 6.14. The Balaban J connectivity index is 2.45. The van der Waals surface area contributed by atoms with Crippen molar-refractivity contribution >= 4 is 7.32 Å². The minimum Gasteiger partial charge on any atom is -0.512 e.